The Balaban J connectivity index is 2.09. The molecule has 70 valence electrons. The summed E-state index contributed by atoms with van der Waals surface area (Å²) in [6.07, 6.45) is 6.61. The second-order valence-corrected chi connectivity index (χ2v) is 3.86. The second kappa shape index (κ2) is 2.98. The molecule has 0 radical (unpaired) electrons. The van der Waals surface area contributed by atoms with Gasteiger partial charge in [-0.2, -0.15) is 0 Å². The molecule has 0 N–H and O–H groups in total. The number of nitrogens with zero attached hydrogens (tertiary/aromatic N) is 1. The Labute approximate surface area is 77.3 Å². The lowest BCUT2D eigenvalue weighted by Gasteiger charge is -2.31. The second-order valence-electron chi connectivity index (χ2n) is 3.86. The number of hydrogen-bond acceptors (Lipinski definition) is 2. The Bertz CT molecular complexity index is 304. The van der Waals surface area contributed by atoms with Crippen LogP contribution in [0.4, 0.5) is 0 Å². The zero-order chi connectivity index (χ0) is 9.42. The van der Waals surface area contributed by atoms with E-state index < -0.39 is 0 Å². The topological polar surface area (TPSA) is 43.1 Å². The molecule has 1 fully saturated rings. The van der Waals surface area contributed by atoms with E-state index >= 15 is 0 Å². The molecule has 0 aromatic carbocycles. The van der Waals surface area contributed by atoms with Crippen LogP contribution in [-0.2, 0) is 0 Å². The number of rotatable bonds is 2. The van der Waals surface area contributed by atoms with Crippen molar-refractivity contribution >= 4 is 0 Å². The van der Waals surface area contributed by atoms with Crippen LogP contribution in [0.1, 0.15) is 26.2 Å². The zero-order valence-corrected chi connectivity index (χ0v) is 7.69. The van der Waals surface area contributed by atoms with Crippen LogP contribution in [0.5, 0.6) is 0 Å². The van der Waals surface area contributed by atoms with Gasteiger partial charge in [-0.1, -0.05) is 18.6 Å². The lowest BCUT2D eigenvalue weighted by molar-refractivity contribution is -0.404. The van der Waals surface area contributed by atoms with Gasteiger partial charge in [-0.05, 0) is 25.2 Å². The van der Waals surface area contributed by atoms with Gasteiger partial charge in [-0.25, -0.2) is 0 Å². The Morgan fingerprint density at radius 2 is 2.46 bits per heavy atom. The molecule has 0 unspecified atom stereocenters. The van der Waals surface area contributed by atoms with Gasteiger partial charge in [0, 0.05) is 11.5 Å². The van der Waals surface area contributed by atoms with Crippen LogP contribution < -0.4 is 0 Å². The van der Waals surface area contributed by atoms with E-state index in [0.29, 0.717) is 11.8 Å². The summed E-state index contributed by atoms with van der Waals surface area (Å²) >= 11 is 0. The van der Waals surface area contributed by atoms with Crippen molar-refractivity contribution in [3.8, 4) is 0 Å². The predicted octanol–water partition coefficient (Wildman–Crippen LogP) is 2.52. The minimum absolute atomic E-state index is 0.330. The first-order chi connectivity index (χ1) is 6.20. The summed E-state index contributed by atoms with van der Waals surface area (Å²) in [5, 5.41) is 10.3. The molecule has 0 aromatic rings. The first kappa shape index (κ1) is 8.48. The first-order valence-electron chi connectivity index (χ1n) is 4.74. The summed E-state index contributed by atoms with van der Waals surface area (Å²) in [6, 6.07) is 0. The molecule has 0 saturated heterocycles. The fraction of sp³-hybridized carbons (Fsp3) is 0.600. The van der Waals surface area contributed by atoms with Crippen molar-refractivity contribution in [3.05, 3.63) is 33.5 Å². The van der Waals surface area contributed by atoms with E-state index in [0.717, 1.165) is 24.8 Å². The third kappa shape index (κ3) is 1.39. The molecular formula is C10H13NO2. The van der Waals surface area contributed by atoms with Crippen LogP contribution in [0.25, 0.3) is 0 Å². The Morgan fingerprint density at radius 3 is 3.08 bits per heavy atom. The predicted molar refractivity (Wildman–Crippen MR) is 49.7 cm³/mol. The molecular weight excluding hydrogens is 166 g/mol. The van der Waals surface area contributed by atoms with Crippen molar-refractivity contribution in [2.24, 2.45) is 11.8 Å². The Hall–Kier alpha value is -1.12. The summed E-state index contributed by atoms with van der Waals surface area (Å²) < 4.78 is 0. The van der Waals surface area contributed by atoms with Gasteiger partial charge in [0.2, 0.25) is 6.20 Å². The third-order valence-electron chi connectivity index (χ3n) is 3.10. The number of allylic oxidation sites excluding steroid dienone is 3. The highest BCUT2D eigenvalue weighted by molar-refractivity contribution is 5.31. The zero-order valence-electron chi connectivity index (χ0n) is 7.69. The molecule has 0 heterocycles. The normalized spacial score (nSPS) is 33.9. The van der Waals surface area contributed by atoms with E-state index in [9.17, 15) is 10.1 Å². The quantitative estimate of drug-likeness (QED) is 0.371. The van der Waals surface area contributed by atoms with E-state index in [2.05, 4.69) is 13.0 Å². The molecule has 0 bridgehead atoms. The Morgan fingerprint density at radius 1 is 1.69 bits per heavy atom. The molecule has 2 atom stereocenters. The molecule has 13 heavy (non-hydrogen) atoms. The first-order valence-corrected chi connectivity index (χ1v) is 4.74. The lowest BCUT2D eigenvalue weighted by atomic mass is 9.72. The van der Waals surface area contributed by atoms with Crippen molar-refractivity contribution in [2.75, 3.05) is 0 Å². The fourth-order valence-corrected chi connectivity index (χ4v) is 2.35. The number of nitro groups is 1. The van der Waals surface area contributed by atoms with Gasteiger partial charge >= 0.3 is 0 Å². The fourth-order valence-electron chi connectivity index (χ4n) is 2.35. The van der Waals surface area contributed by atoms with Crippen LogP contribution >= 0.6 is 0 Å². The van der Waals surface area contributed by atoms with Gasteiger partial charge in [0.25, 0.3) is 0 Å². The van der Waals surface area contributed by atoms with E-state index in [1.165, 1.54) is 11.8 Å². The molecule has 3 heteroatoms. The highest BCUT2D eigenvalue weighted by atomic mass is 16.6. The van der Waals surface area contributed by atoms with Gasteiger partial charge in [-0.15, -0.1) is 0 Å². The molecule has 0 aromatic heterocycles. The summed E-state index contributed by atoms with van der Waals surface area (Å²) in [7, 11) is 0. The van der Waals surface area contributed by atoms with E-state index in [1.54, 1.807) is 0 Å². The van der Waals surface area contributed by atoms with Crippen molar-refractivity contribution in [1.29, 1.82) is 0 Å². The maximum Gasteiger partial charge on any atom is 0.234 e. The van der Waals surface area contributed by atoms with Gasteiger partial charge in [-0.3, -0.25) is 10.1 Å². The smallest absolute Gasteiger partial charge is 0.234 e. The minimum Gasteiger partial charge on any atom is -0.259 e. The molecule has 0 spiro atoms. The van der Waals surface area contributed by atoms with E-state index in [-0.39, 0.29) is 4.92 Å². The van der Waals surface area contributed by atoms with Crippen LogP contribution in [0.3, 0.4) is 0 Å². The van der Waals surface area contributed by atoms with Crippen LogP contribution in [0.15, 0.2) is 23.4 Å². The maximum atomic E-state index is 10.3. The monoisotopic (exact) mass is 179 g/mol. The van der Waals surface area contributed by atoms with Crippen molar-refractivity contribution < 1.29 is 4.92 Å². The maximum absolute atomic E-state index is 10.3. The number of fused-ring (bicyclic) bond motifs is 1. The van der Waals surface area contributed by atoms with Crippen molar-refractivity contribution in [2.45, 2.75) is 26.2 Å². The van der Waals surface area contributed by atoms with Crippen molar-refractivity contribution in [1.82, 2.24) is 0 Å². The molecule has 3 nitrogen and oxygen atoms in total. The third-order valence-corrected chi connectivity index (χ3v) is 3.10. The summed E-state index contributed by atoms with van der Waals surface area (Å²) in [6.45, 7) is 2.15. The van der Waals surface area contributed by atoms with Gasteiger partial charge < -0.3 is 0 Å². The molecule has 0 aliphatic heterocycles. The molecule has 1 saturated carbocycles. The van der Waals surface area contributed by atoms with E-state index in [4.69, 9.17) is 0 Å². The summed E-state index contributed by atoms with van der Waals surface area (Å²) in [4.78, 5) is 9.92. The molecule has 0 amide bonds. The SMILES string of the molecule is CCC1=C[C@H]2C(=C[N+](=O)[O-])C[C@H]2C1. The Kier molecular flexibility index (Phi) is 1.94. The van der Waals surface area contributed by atoms with Crippen LogP contribution in [-0.4, -0.2) is 4.92 Å². The summed E-state index contributed by atoms with van der Waals surface area (Å²) in [5.41, 5.74) is 2.49. The lowest BCUT2D eigenvalue weighted by Crippen LogP contribution is -2.24. The average Bonchev–Trinajstić information content (AvgIpc) is 2.38. The molecule has 2 aliphatic carbocycles. The van der Waals surface area contributed by atoms with Gasteiger partial charge in [0.05, 0.1) is 4.92 Å². The standard InChI is InChI=1S/C10H13NO2/c1-2-7-3-8-5-9(6-11(12)13)10(8)4-7/h4,6,8,10H,2-3,5H2,1H3/t8-,10-/m1/s1. The van der Waals surface area contributed by atoms with Gasteiger partial charge in [0.1, 0.15) is 0 Å². The van der Waals surface area contributed by atoms with Gasteiger partial charge in [0.15, 0.2) is 0 Å². The average molecular weight is 179 g/mol. The number of hydrogen-bond donors (Lipinski definition) is 0. The van der Waals surface area contributed by atoms with E-state index in [1.807, 2.05) is 0 Å². The molecule has 2 aliphatic rings. The van der Waals surface area contributed by atoms with Crippen molar-refractivity contribution in [3.63, 3.8) is 0 Å². The highest BCUT2D eigenvalue weighted by Crippen LogP contribution is 2.49. The largest absolute Gasteiger partial charge is 0.259 e. The summed E-state index contributed by atoms with van der Waals surface area (Å²) in [5.74, 6) is 1.08. The molecule has 2 rings (SSSR count). The van der Waals surface area contributed by atoms with Crippen LogP contribution in [0.2, 0.25) is 0 Å². The minimum atomic E-state index is -0.330. The van der Waals surface area contributed by atoms with Crippen LogP contribution in [0, 0.1) is 22.0 Å². The highest BCUT2D eigenvalue weighted by Gasteiger charge is 2.40.